The van der Waals surface area contributed by atoms with Crippen LogP contribution in [0.2, 0.25) is 0 Å². The summed E-state index contributed by atoms with van der Waals surface area (Å²) >= 11 is 0. The molecule has 1 aromatic rings. The van der Waals surface area contributed by atoms with Gasteiger partial charge in [-0.2, -0.15) is 0 Å². The van der Waals surface area contributed by atoms with Crippen molar-refractivity contribution in [2.45, 2.75) is 19.9 Å². The molecule has 5 heteroatoms. The van der Waals surface area contributed by atoms with E-state index in [4.69, 9.17) is 5.11 Å². The van der Waals surface area contributed by atoms with Crippen molar-refractivity contribution < 1.29 is 14.7 Å². The average molecular weight is 210 g/mol. The summed E-state index contributed by atoms with van der Waals surface area (Å²) < 4.78 is 0. The van der Waals surface area contributed by atoms with Crippen LogP contribution in [0.25, 0.3) is 0 Å². The number of rotatable bonds is 5. The Morgan fingerprint density at radius 3 is 2.87 bits per heavy atom. The van der Waals surface area contributed by atoms with E-state index in [0.717, 1.165) is 5.56 Å². The highest BCUT2D eigenvalue weighted by Gasteiger charge is 2.15. The van der Waals surface area contributed by atoms with Crippen molar-refractivity contribution in [2.24, 2.45) is 5.92 Å². The molecule has 0 fully saturated rings. The normalized spacial score (nSPS) is 12.1. The summed E-state index contributed by atoms with van der Waals surface area (Å²) in [6.45, 7) is 1.94. The quantitative estimate of drug-likeness (QED) is 0.670. The van der Waals surface area contributed by atoms with Gasteiger partial charge in [0, 0.05) is 25.4 Å². The van der Waals surface area contributed by atoms with Crippen molar-refractivity contribution in [2.75, 3.05) is 0 Å². The number of carbonyl (C=O) groups is 2. The number of carboxylic acid groups (broad SMARTS) is 1. The maximum Gasteiger partial charge on any atom is 0.306 e. The van der Waals surface area contributed by atoms with Gasteiger partial charge in [0.2, 0.25) is 5.91 Å². The predicted octanol–water partition coefficient (Wildman–Crippen LogP) is 0.742. The second-order valence-corrected chi connectivity index (χ2v) is 3.44. The largest absolute Gasteiger partial charge is 0.481 e. The Balaban J connectivity index is 2.28. The van der Waals surface area contributed by atoms with Crippen LogP contribution in [-0.2, 0) is 16.1 Å². The fraction of sp³-hybridized carbons (Fsp3) is 0.400. The third-order valence-electron chi connectivity index (χ3n) is 2.07. The highest BCUT2D eigenvalue weighted by molar-refractivity contribution is 5.81. The molecule has 0 aliphatic heterocycles. The van der Waals surface area contributed by atoms with E-state index >= 15 is 0 Å². The third kappa shape index (κ3) is 3.84. The maximum atomic E-state index is 11.3. The smallest absolute Gasteiger partial charge is 0.306 e. The van der Waals surface area contributed by atoms with Gasteiger partial charge in [-0.25, -0.2) is 0 Å². The van der Waals surface area contributed by atoms with Crippen molar-refractivity contribution >= 4 is 11.9 Å². The van der Waals surface area contributed by atoms with E-state index in [1.165, 1.54) is 6.92 Å². The van der Waals surface area contributed by atoms with Crippen LogP contribution in [0.3, 0.4) is 0 Å². The Hall–Kier alpha value is -1.78. The number of hydrogen-bond donors (Lipinski definition) is 3. The van der Waals surface area contributed by atoms with E-state index < -0.39 is 11.9 Å². The number of nitrogens with one attached hydrogen (secondary N) is 2. The highest BCUT2D eigenvalue weighted by atomic mass is 16.4. The van der Waals surface area contributed by atoms with E-state index in [-0.39, 0.29) is 12.3 Å². The predicted molar refractivity (Wildman–Crippen MR) is 54.1 cm³/mol. The summed E-state index contributed by atoms with van der Waals surface area (Å²) in [6, 6.07) is 1.85. The number of carboxylic acids is 1. The number of H-pyrrole nitrogens is 1. The van der Waals surface area contributed by atoms with Gasteiger partial charge >= 0.3 is 5.97 Å². The lowest BCUT2D eigenvalue weighted by Gasteiger charge is -2.06. The van der Waals surface area contributed by atoms with E-state index in [9.17, 15) is 9.59 Å². The standard InChI is InChI=1S/C10H14N2O3/c1-7(10(14)15)4-9(13)12-6-8-2-3-11-5-8/h2-3,5,7,11H,4,6H2,1H3,(H,12,13)(H,14,15). The third-order valence-corrected chi connectivity index (χ3v) is 2.07. The van der Waals surface area contributed by atoms with Crippen LogP contribution in [0.5, 0.6) is 0 Å². The Kier molecular flexibility index (Phi) is 3.91. The number of aromatic amines is 1. The molecule has 0 bridgehead atoms. The Bertz CT molecular complexity index is 332. The van der Waals surface area contributed by atoms with Crippen LogP contribution in [0, 0.1) is 5.92 Å². The first-order valence-corrected chi connectivity index (χ1v) is 4.70. The minimum Gasteiger partial charge on any atom is -0.481 e. The van der Waals surface area contributed by atoms with Crippen molar-refractivity contribution in [3.8, 4) is 0 Å². The number of hydrogen-bond acceptors (Lipinski definition) is 2. The summed E-state index contributed by atoms with van der Waals surface area (Å²) in [5.41, 5.74) is 0.964. The van der Waals surface area contributed by atoms with Gasteiger partial charge in [0.05, 0.1) is 5.92 Å². The minimum absolute atomic E-state index is 0.0136. The molecule has 0 aromatic carbocycles. The SMILES string of the molecule is CC(CC(=O)NCc1cc[nH]c1)C(=O)O. The molecular weight excluding hydrogens is 196 g/mol. The van der Waals surface area contributed by atoms with Crippen LogP contribution < -0.4 is 5.32 Å². The van der Waals surface area contributed by atoms with Crippen LogP contribution in [0.15, 0.2) is 18.5 Å². The molecule has 0 radical (unpaired) electrons. The van der Waals surface area contributed by atoms with Crippen LogP contribution in [0.1, 0.15) is 18.9 Å². The van der Waals surface area contributed by atoms with Crippen LogP contribution in [0.4, 0.5) is 0 Å². The maximum absolute atomic E-state index is 11.3. The highest BCUT2D eigenvalue weighted by Crippen LogP contribution is 2.02. The van der Waals surface area contributed by atoms with E-state index in [1.54, 1.807) is 12.4 Å². The first-order chi connectivity index (χ1) is 7.09. The summed E-state index contributed by atoms with van der Waals surface area (Å²) in [7, 11) is 0. The molecule has 0 aliphatic carbocycles. The molecule has 1 rings (SSSR count). The van der Waals surface area contributed by atoms with Gasteiger partial charge in [-0.15, -0.1) is 0 Å². The molecule has 15 heavy (non-hydrogen) atoms. The molecule has 0 saturated carbocycles. The van der Waals surface area contributed by atoms with Crippen LogP contribution in [-0.4, -0.2) is 22.0 Å². The van der Waals surface area contributed by atoms with Gasteiger partial charge in [0.1, 0.15) is 0 Å². The number of aromatic nitrogens is 1. The molecule has 0 spiro atoms. The minimum atomic E-state index is -0.952. The zero-order chi connectivity index (χ0) is 11.3. The fourth-order valence-corrected chi connectivity index (χ4v) is 1.11. The van der Waals surface area contributed by atoms with Crippen molar-refractivity contribution in [3.05, 3.63) is 24.0 Å². The van der Waals surface area contributed by atoms with E-state index in [1.807, 2.05) is 6.07 Å². The van der Waals surface area contributed by atoms with Crippen molar-refractivity contribution in [1.29, 1.82) is 0 Å². The fourth-order valence-electron chi connectivity index (χ4n) is 1.11. The van der Waals surface area contributed by atoms with Gasteiger partial charge in [-0.3, -0.25) is 9.59 Å². The van der Waals surface area contributed by atoms with E-state index in [2.05, 4.69) is 10.3 Å². The van der Waals surface area contributed by atoms with Gasteiger partial charge < -0.3 is 15.4 Å². The van der Waals surface area contributed by atoms with Gasteiger partial charge in [0.15, 0.2) is 0 Å². The molecule has 1 atom stereocenters. The van der Waals surface area contributed by atoms with Crippen molar-refractivity contribution in [3.63, 3.8) is 0 Å². The topological polar surface area (TPSA) is 82.2 Å². The lowest BCUT2D eigenvalue weighted by atomic mass is 10.1. The molecule has 3 N–H and O–H groups in total. The molecule has 1 amide bonds. The number of carbonyl (C=O) groups excluding carboxylic acids is 1. The molecular formula is C10H14N2O3. The molecule has 82 valence electrons. The zero-order valence-electron chi connectivity index (χ0n) is 8.49. The number of amides is 1. The van der Waals surface area contributed by atoms with Crippen molar-refractivity contribution in [1.82, 2.24) is 10.3 Å². The first-order valence-electron chi connectivity index (χ1n) is 4.70. The molecule has 1 unspecified atom stereocenters. The average Bonchev–Trinajstić information content (AvgIpc) is 2.66. The number of aliphatic carboxylic acids is 1. The summed E-state index contributed by atoms with van der Waals surface area (Å²) in [5, 5.41) is 11.2. The first kappa shape index (κ1) is 11.3. The molecule has 0 saturated heterocycles. The van der Waals surface area contributed by atoms with Gasteiger partial charge in [-0.1, -0.05) is 6.92 Å². The summed E-state index contributed by atoms with van der Waals surface area (Å²) in [5.74, 6) is -1.84. The zero-order valence-corrected chi connectivity index (χ0v) is 8.49. The van der Waals surface area contributed by atoms with Crippen LogP contribution >= 0.6 is 0 Å². The summed E-state index contributed by atoms with van der Waals surface area (Å²) in [6.07, 6.45) is 3.56. The second-order valence-electron chi connectivity index (χ2n) is 3.44. The lowest BCUT2D eigenvalue weighted by Crippen LogP contribution is -2.26. The monoisotopic (exact) mass is 210 g/mol. The van der Waals surface area contributed by atoms with Gasteiger partial charge in [-0.05, 0) is 11.6 Å². The Morgan fingerprint density at radius 1 is 1.60 bits per heavy atom. The molecule has 1 heterocycles. The summed E-state index contributed by atoms with van der Waals surface area (Å²) in [4.78, 5) is 24.6. The molecule has 1 aromatic heterocycles. The lowest BCUT2D eigenvalue weighted by molar-refractivity contribution is -0.143. The Morgan fingerprint density at radius 2 is 2.33 bits per heavy atom. The molecule has 0 aliphatic rings. The van der Waals surface area contributed by atoms with E-state index in [0.29, 0.717) is 6.54 Å². The van der Waals surface area contributed by atoms with Gasteiger partial charge in [0.25, 0.3) is 0 Å². The molecule has 5 nitrogen and oxygen atoms in total. The Labute approximate surface area is 87.5 Å². The second kappa shape index (κ2) is 5.19.